The Labute approximate surface area is 112 Å². The predicted molar refractivity (Wildman–Crippen MR) is 77.6 cm³/mol. The van der Waals surface area contributed by atoms with E-state index in [2.05, 4.69) is 23.8 Å². The molecule has 1 rings (SSSR count). The topological polar surface area (TPSA) is 25.8 Å². The highest BCUT2D eigenvalue weighted by atomic mass is 14.8. The molecule has 0 unspecified atom stereocenters. The molecule has 2 nitrogen and oxygen atoms in total. The number of nitrogens with zero attached hydrogens (tertiary/aromatic N) is 2. The Morgan fingerprint density at radius 2 is 1.44 bits per heavy atom. The summed E-state index contributed by atoms with van der Waals surface area (Å²) in [5.74, 6) is 1.73. The Balaban J connectivity index is 1.94. The zero-order valence-corrected chi connectivity index (χ0v) is 12.3. The molecule has 1 heterocycles. The van der Waals surface area contributed by atoms with Gasteiger partial charge in [0.15, 0.2) is 0 Å². The van der Waals surface area contributed by atoms with E-state index in [0.717, 1.165) is 18.2 Å². The average molecular weight is 248 g/mol. The maximum atomic E-state index is 4.22. The molecule has 0 fully saturated rings. The van der Waals surface area contributed by atoms with E-state index in [9.17, 15) is 0 Å². The Morgan fingerprint density at radius 1 is 0.889 bits per heavy atom. The average Bonchev–Trinajstić information content (AvgIpc) is 2.34. The van der Waals surface area contributed by atoms with Gasteiger partial charge in [-0.3, -0.25) is 0 Å². The van der Waals surface area contributed by atoms with Crippen LogP contribution in [-0.4, -0.2) is 9.97 Å². The molecule has 0 aliphatic carbocycles. The van der Waals surface area contributed by atoms with Crippen molar-refractivity contribution in [2.75, 3.05) is 0 Å². The van der Waals surface area contributed by atoms with Gasteiger partial charge in [-0.25, -0.2) is 9.97 Å². The van der Waals surface area contributed by atoms with Crippen LogP contribution in [0, 0.1) is 12.8 Å². The van der Waals surface area contributed by atoms with E-state index in [4.69, 9.17) is 0 Å². The van der Waals surface area contributed by atoms with E-state index < -0.39 is 0 Å². The monoisotopic (exact) mass is 248 g/mol. The molecule has 0 N–H and O–H groups in total. The van der Waals surface area contributed by atoms with Crippen LogP contribution in [0.1, 0.15) is 70.2 Å². The number of hydrogen-bond donors (Lipinski definition) is 0. The first-order chi connectivity index (χ1) is 8.68. The lowest BCUT2D eigenvalue weighted by atomic mass is 10.0. The van der Waals surface area contributed by atoms with Crippen molar-refractivity contribution < 1.29 is 0 Å². The summed E-state index contributed by atoms with van der Waals surface area (Å²) in [6, 6.07) is 0. The maximum Gasteiger partial charge on any atom is 0.125 e. The molecule has 102 valence electrons. The van der Waals surface area contributed by atoms with Gasteiger partial charge in [-0.05, 0) is 31.2 Å². The molecule has 0 bridgehead atoms. The lowest BCUT2D eigenvalue weighted by Gasteiger charge is -2.04. The van der Waals surface area contributed by atoms with E-state index in [-0.39, 0.29) is 0 Å². The molecule has 2 heteroatoms. The van der Waals surface area contributed by atoms with Gasteiger partial charge in [0.25, 0.3) is 0 Å². The van der Waals surface area contributed by atoms with Gasteiger partial charge in [-0.1, -0.05) is 52.4 Å². The largest absolute Gasteiger partial charge is 0.241 e. The molecule has 18 heavy (non-hydrogen) atoms. The van der Waals surface area contributed by atoms with Crippen LogP contribution < -0.4 is 0 Å². The van der Waals surface area contributed by atoms with Gasteiger partial charge in [-0.15, -0.1) is 0 Å². The summed E-state index contributed by atoms with van der Waals surface area (Å²) in [5.41, 5.74) is 1.28. The molecule has 1 aromatic heterocycles. The van der Waals surface area contributed by atoms with Crippen molar-refractivity contribution >= 4 is 0 Å². The van der Waals surface area contributed by atoms with Gasteiger partial charge in [0.2, 0.25) is 0 Å². The van der Waals surface area contributed by atoms with Crippen LogP contribution in [0.15, 0.2) is 12.4 Å². The van der Waals surface area contributed by atoms with E-state index in [1.807, 2.05) is 19.3 Å². The summed E-state index contributed by atoms with van der Waals surface area (Å²) < 4.78 is 0. The van der Waals surface area contributed by atoms with Gasteiger partial charge in [0.05, 0.1) is 0 Å². The number of hydrogen-bond acceptors (Lipinski definition) is 2. The minimum atomic E-state index is 0.865. The fraction of sp³-hybridized carbons (Fsp3) is 0.750. The minimum Gasteiger partial charge on any atom is -0.241 e. The molecular formula is C16H28N2. The third-order valence-corrected chi connectivity index (χ3v) is 3.33. The quantitative estimate of drug-likeness (QED) is 0.591. The molecule has 0 spiro atoms. The van der Waals surface area contributed by atoms with E-state index in [0.29, 0.717) is 0 Å². The van der Waals surface area contributed by atoms with Gasteiger partial charge in [0, 0.05) is 12.4 Å². The van der Waals surface area contributed by atoms with Crippen LogP contribution in [-0.2, 0) is 6.42 Å². The lowest BCUT2D eigenvalue weighted by Crippen LogP contribution is -1.92. The summed E-state index contributed by atoms with van der Waals surface area (Å²) in [5, 5.41) is 0. The molecule has 0 saturated carbocycles. The first kappa shape index (κ1) is 15.1. The van der Waals surface area contributed by atoms with Crippen molar-refractivity contribution in [1.29, 1.82) is 0 Å². The van der Waals surface area contributed by atoms with Gasteiger partial charge >= 0.3 is 0 Å². The third-order valence-electron chi connectivity index (χ3n) is 3.33. The van der Waals surface area contributed by atoms with Crippen molar-refractivity contribution in [1.82, 2.24) is 9.97 Å². The summed E-state index contributed by atoms with van der Waals surface area (Å²) in [4.78, 5) is 8.45. The fourth-order valence-corrected chi connectivity index (χ4v) is 2.14. The van der Waals surface area contributed by atoms with Crippen LogP contribution in [0.25, 0.3) is 0 Å². The Kier molecular flexibility index (Phi) is 7.63. The van der Waals surface area contributed by atoms with Crippen LogP contribution in [0.2, 0.25) is 0 Å². The fourth-order valence-electron chi connectivity index (χ4n) is 2.14. The first-order valence-electron chi connectivity index (χ1n) is 7.46. The Morgan fingerprint density at radius 3 is 2.06 bits per heavy atom. The molecule has 0 aliphatic heterocycles. The van der Waals surface area contributed by atoms with Crippen LogP contribution >= 0.6 is 0 Å². The normalized spacial score (nSPS) is 11.1. The molecule has 0 radical (unpaired) electrons. The summed E-state index contributed by atoms with van der Waals surface area (Å²) in [7, 11) is 0. The Hall–Kier alpha value is -0.920. The highest BCUT2D eigenvalue weighted by Crippen LogP contribution is 2.12. The predicted octanol–water partition coefficient (Wildman–Crippen LogP) is 4.71. The molecule has 0 atom stereocenters. The number of aromatic nitrogens is 2. The van der Waals surface area contributed by atoms with Crippen LogP contribution in [0.4, 0.5) is 0 Å². The van der Waals surface area contributed by atoms with Gasteiger partial charge in [0.1, 0.15) is 5.82 Å². The van der Waals surface area contributed by atoms with Crippen LogP contribution in [0.3, 0.4) is 0 Å². The second-order valence-electron chi connectivity index (χ2n) is 5.69. The van der Waals surface area contributed by atoms with Crippen LogP contribution in [0.5, 0.6) is 0 Å². The van der Waals surface area contributed by atoms with Crippen molar-refractivity contribution in [3.05, 3.63) is 23.8 Å². The summed E-state index contributed by atoms with van der Waals surface area (Å²) in [6.45, 7) is 6.55. The van der Waals surface area contributed by atoms with Crippen molar-refractivity contribution in [3.63, 3.8) is 0 Å². The maximum absolute atomic E-state index is 4.22. The zero-order chi connectivity index (χ0) is 13.2. The molecule has 0 saturated heterocycles. The smallest absolute Gasteiger partial charge is 0.125 e. The molecule has 0 amide bonds. The third kappa shape index (κ3) is 7.41. The second kappa shape index (κ2) is 9.07. The Bertz CT molecular complexity index is 303. The van der Waals surface area contributed by atoms with Crippen molar-refractivity contribution in [3.8, 4) is 0 Å². The number of aryl methyl sites for hydroxylation is 2. The van der Waals surface area contributed by atoms with Crippen molar-refractivity contribution in [2.45, 2.75) is 72.1 Å². The minimum absolute atomic E-state index is 0.865. The molecular weight excluding hydrogens is 220 g/mol. The number of unbranched alkanes of at least 4 members (excludes halogenated alkanes) is 5. The first-order valence-corrected chi connectivity index (χ1v) is 7.46. The summed E-state index contributed by atoms with van der Waals surface area (Å²) in [6.07, 6.45) is 14.7. The zero-order valence-electron chi connectivity index (χ0n) is 12.3. The highest BCUT2D eigenvalue weighted by molar-refractivity contribution is 5.04. The van der Waals surface area contributed by atoms with E-state index in [1.54, 1.807) is 0 Å². The van der Waals surface area contributed by atoms with E-state index >= 15 is 0 Å². The lowest BCUT2D eigenvalue weighted by molar-refractivity contribution is 0.511. The molecule has 0 aromatic carbocycles. The van der Waals surface area contributed by atoms with Gasteiger partial charge < -0.3 is 0 Å². The molecule has 0 aliphatic rings. The van der Waals surface area contributed by atoms with Gasteiger partial charge in [-0.2, -0.15) is 0 Å². The standard InChI is InChI=1S/C16H28N2/c1-14(2)10-8-6-4-5-7-9-11-16-12-17-15(3)18-13-16/h12-14H,4-11H2,1-3H3. The van der Waals surface area contributed by atoms with Crippen molar-refractivity contribution in [2.24, 2.45) is 5.92 Å². The SMILES string of the molecule is Cc1ncc(CCCCCCCCC(C)C)cn1. The molecule has 1 aromatic rings. The highest BCUT2D eigenvalue weighted by Gasteiger charge is 1.97. The van der Waals surface area contributed by atoms with E-state index in [1.165, 1.54) is 50.5 Å². The summed E-state index contributed by atoms with van der Waals surface area (Å²) >= 11 is 0. The second-order valence-corrected chi connectivity index (χ2v) is 5.69. The number of rotatable bonds is 9.